The SMILES string of the molecule is CCC1CCC(C)N1Cc1ccnc(C(N)=S)c1. The van der Waals surface area contributed by atoms with Gasteiger partial charge >= 0.3 is 0 Å². The van der Waals surface area contributed by atoms with Gasteiger partial charge in [-0.05, 0) is 43.9 Å². The number of pyridine rings is 1. The van der Waals surface area contributed by atoms with Crippen LogP contribution in [-0.2, 0) is 6.54 Å². The Hall–Kier alpha value is -1.00. The van der Waals surface area contributed by atoms with Crippen molar-refractivity contribution < 1.29 is 0 Å². The van der Waals surface area contributed by atoms with Crippen molar-refractivity contribution in [2.75, 3.05) is 0 Å². The van der Waals surface area contributed by atoms with E-state index >= 15 is 0 Å². The van der Waals surface area contributed by atoms with E-state index in [0.717, 1.165) is 12.2 Å². The molecule has 1 aliphatic heterocycles. The standard InChI is InChI=1S/C14H21N3S/c1-3-12-5-4-10(2)17(12)9-11-6-7-16-13(8-11)14(15)18/h6-8,10,12H,3-5,9H2,1-2H3,(H2,15,18). The summed E-state index contributed by atoms with van der Waals surface area (Å²) in [7, 11) is 0. The molecular formula is C14H21N3S. The molecule has 1 fully saturated rings. The van der Waals surface area contributed by atoms with E-state index in [-0.39, 0.29) is 0 Å². The molecule has 0 saturated carbocycles. The molecule has 0 spiro atoms. The Morgan fingerprint density at radius 1 is 1.56 bits per heavy atom. The maximum atomic E-state index is 5.63. The fourth-order valence-electron chi connectivity index (χ4n) is 2.77. The molecule has 2 unspecified atom stereocenters. The second kappa shape index (κ2) is 5.76. The highest BCUT2D eigenvalue weighted by molar-refractivity contribution is 7.80. The van der Waals surface area contributed by atoms with Crippen LogP contribution >= 0.6 is 12.2 Å². The predicted molar refractivity (Wildman–Crippen MR) is 78.4 cm³/mol. The van der Waals surface area contributed by atoms with Crippen LogP contribution in [0.3, 0.4) is 0 Å². The zero-order chi connectivity index (χ0) is 13.1. The van der Waals surface area contributed by atoms with Crippen molar-refractivity contribution >= 4 is 17.2 Å². The van der Waals surface area contributed by atoms with Crippen LogP contribution in [0.25, 0.3) is 0 Å². The van der Waals surface area contributed by atoms with Crippen LogP contribution in [0.2, 0.25) is 0 Å². The molecule has 2 rings (SSSR count). The highest BCUT2D eigenvalue weighted by Crippen LogP contribution is 2.27. The number of nitrogens with two attached hydrogens (primary N) is 1. The van der Waals surface area contributed by atoms with Gasteiger partial charge in [-0.15, -0.1) is 0 Å². The summed E-state index contributed by atoms with van der Waals surface area (Å²) in [6, 6.07) is 5.44. The van der Waals surface area contributed by atoms with Crippen LogP contribution in [0.15, 0.2) is 18.3 Å². The van der Waals surface area contributed by atoms with Gasteiger partial charge in [0.15, 0.2) is 0 Å². The normalized spacial score (nSPS) is 24.3. The minimum Gasteiger partial charge on any atom is -0.388 e. The average molecular weight is 263 g/mol. The lowest BCUT2D eigenvalue weighted by molar-refractivity contribution is 0.189. The van der Waals surface area contributed by atoms with Crippen molar-refractivity contribution in [3.05, 3.63) is 29.6 Å². The number of thiocarbonyl (C=S) groups is 1. The third-order valence-electron chi connectivity index (χ3n) is 3.87. The summed E-state index contributed by atoms with van der Waals surface area (Å²) in [6.45, 7) is 5.55. The summed E-state index contributed by atoms with van der Waals surface area (Å²) in [5.41, 5.74) is 7.60. The van der Waals surface area contributed by atoms with Gasteiger partial charge in [0.05, 0.1) is 5.69 Å². The lowest BCUT2D eigenvalue weighted by Gasteiger charge is -2.27. The zero-order valence-electron chi connectivity index (χ0n) is 11.1. The highest BCUT2D eigenvalue weighted by Gasteiger charge is 2.28. The van der Waals surface area contributed by atoms with E-state index in [1.807, 2.05) is 6.07 Å². The molecule has 1 aromatic rings. The summed E-state index contributed by atoms with van der Waals surface area (Å²) in [5.74, 6) is 0. The molecule has 0 bridgehead atoms. The van der Waals surface area contributed by atoms with E-state index in [2.05, 4.69) is 29.8 Å². The number of hydrogen-bond donors (Lipinski definition) is 1. The van der Waals surface area contributed by atoms with Crippen LogP contribution in [0.5, 0.6) is 0 Å². The molecule has 1 aromatic heterocycles. The quantitative estimate of drug-likeness (QED) is 0.847. The van der Waals surface area contributed by atoms with E-state index < -0.39 is 0 Å². The smallest absolute Gasteiger partial charge is 0.122 e. The lowest BCUT2D eigenvalue weighted by atomic mass is 10.1. The van der Waals surface area contributed by atoms with Crippen LogP contribution in [0.1, 0.15) is 44.4 Å². The number of likely N-dealkylation sites (tertiary alicyclic amines) is 1. The maximum absolute atomic E-state index is 5.63. The molecule has 2 atom stereocenters. The fraction of sp³-hybridized carbons (Fsp3) is 0.571. The van der Waals surface area contributed by atoms with Gasteiger partial charge in [0.25, 0.3) is 0 Å². The minimum absolute atomic E-state index is 0.373. The molecule has 0 aliphatic carbocycles. The molecule has 2 N–H and O–H groups in total. The maximum Gasteiger partial charge on any atom is 0.122 e. The Morgan fingerprint density at radius 2 is 2.33 bits per heavy atom. The molecule has 0 amide bonds. The van der Waals surface area contributed by atoms with Gasteiger partial charge in [0.1, 0.15) is 4.99 Å². The van der Waals surface area contributed by atoms with Crippen LogP contribution in [-0.4, -0.2) is 27.0 Å². The Bertz CT molecular complexity index is 433. The van der Waals surface area contributed by atoms with Crippen LogP contribution in [0.4, 0.5) is 0 Å². The van der Waals surface area contributed by atoms with Crippen molar-refractivity contribution in [2.45, 2.75) is 51.7 Å². The largest absolute Gasteiger partial charge is 0.388 e. The Balaban J connectivity index is 2.13. The molecule has 0 aromatic carbocycles. The van der Waals surface area contributed by atoms with E-state index in [1.54, 1.807) is 6.20 Å². The predicted octanol–water partition coefficient (Wildman–Crippen LogP) is 2.48. The highest BCUT2D eigenvalue weighted by atomic mass is 32.1. The summed E-state index contributed by atoms with van der Waals surface area (Å²) in [4.78, 5) is 7.14. The van der Waals surface area contributed by atoms with Gasteiger partial charge in [-0.2, -0.15) is 0 Å². The lowest BCUT2D eigenvalue weighted by Crippen LogP contribution is -2.33. The van der Waals surface area contributed by atoms with Gasteiger partial charge in [-0.25, -0.2) is 0 Å². The minimum atomic E-state index is 0.373. The topological polar surface area (TPSA) is 42.2 Å². The van der Waals surface area contributed by atoms with Crippen molar-refractivity contribution in [1.29, 1.82) is 0 Å². The number of rotatable bonds is 4. The first-order valence-electron chi connectivity index (χ1n) is 6.62. The van der Waals surface area contributed by atoms with Gasteiger partial charge in [-0.3, -0.25) is 9.88 Å². The van der Waals surface area contributed by atoms with E-state index in [1.165, 1.54) is 24.8 Å². The van der Waals surface area contributed by atoms with Gasteiger partial charge in [0.2, 0.25) is 0 Å². The van der Waals surface area contributed by atoms with Crippen LogP contribution in [0, 0.1) is 0 Å². The fourth-order valence-corrected chi connectivity index (χ4v) is 2.88. The first-order chi connectivity index (χ1) is 8.61. The first kappa shape index (κ1) is 13.4. The molecule has 18 heavy (non-hydrogen) atoms. The summed E-state index contributed by atoms with van der Waals surface area (Å²) >= 11 is 4.98. The van der Waals surface area contributed by atoms with E-state index in [0.29, 0.717) is 17.1 Å². The molecule has 4 heteroatoms. The van der Waals surface area contributed by atoms with Gasteiger partial charge in [0, 0.05) is 24.8 Å². The number of hydrogen-bond acceptors (Lipinski definition) is 3. The average Bonchev–Trinajstić information content (AvgIpc) is 2.71. The Morgan fingerprint density at radius 3 is 3.00 bits per heavy atom. The monoisotopic (exact) mass is 263 g/mol. The van der Waals surface area contributed by atoms with Crippen molar-refractivity contribution in [3.63, 3.8) is 0 Å². The molecule has 98 valence electrons. The number of nitrogens with zero attached hydrogens (tertiary/aromatic N) is 2. The van der Waals surface area contributed by atoms with Crippen molar-refractivity contribution in [3.8, 4) is 0 Å². The number of aromatic nitrogens is 1. The van der Waals surface area contributed by atoms with E-state index in [9.17, 15) is 0 Å². The third-order valence-corrected chi connectivity index (χ3v) is 4.08. The first-order valence-corrected chi connectivity index (χ1v) is 7.03. The zero-order valence-corrected chi connectivity index (χ0v) is 11.9. The summed E-state index contributed by atoms with van der Waals surface area (Å²) in [5, 5.41) is 0. The summed E-state index contributed by atoms with van der Waals surface area (Å²) in [6.07, 6.45) is 5.62. The summed E-state index contributed by atoms with van der Waals surface area (Å²) < 4.78 is 0. The third kappa shape index (κ3) is 2.87. The second-order valence-electron chi connectivity index (χ2n) is 5.07. The molecule has 2 heterocycles. The molecule has 1 saturated heterocycles. The van der Waals surface area contributed by atoms with Crippen LogP contribution < -0.4 is 5.73 Å². The molecule has 0 radical (unpaired) electrons. The van der Waals surface area contributed by atoms with E-state index in [4.69, 9.17) is 18.0 Å². The molecule has 1 aliphatic rings. The van der Waals surface area contributed by atoms with Crippen molar-refractivity contribution in [1.82, 2.24) is 9.88 Å². The second-order valence-corrected chi connectivity index (χ2v) is 5.51. The Labute approximate surface area is 114 Å². The van der Waals surface area contributed by atoms with Gasteiger partial charge < -0.3 is 5.73 Å². The van der Waals surface area contributed by atoms with Gasteiger partial charge in [-0.1, -0.05) is 19.1 Å². The molecular weight excluding hydrogens is 242 g/mol. The Kier molecular flexibility index (Phi) is 4.30. The van der Waals surface area contributed by atoms with Crippen molar-refractivity contribution in [2.24, 2.45) is 5.73 Å². The molecule has 3 nitrogen and oxygen atoms in total.